The summed E-state index contributed by atoms with van der Waals surface area (Å²) in [5.41, 5.74) is 11.5. The highest BCUT2D eigenvalue weighted by Gasteiger charge is 2.14. The molecule has 2 aromatic rings. The zero-order valence-electron chi connectivity index (χ0n) is 13.7. The molecule has 2 heterocycles. The Morgan fingerprint density at radius 3 is 2.58 bits per heavy atom. The first kappa shape index (κ1) is 18.5. The number of hydrogen-bond acceptors (Lipinski definition) is 7. The van der Waals surface area contributed by atoms with Crippen LogP contribution in [0.4, 0.5) is 20.4 Å². The molecule has 0 amide bonds. The van der Waals surface area contributed by atoms with E-state index >= 15 is 0 Å². The number of halogens is 2. The average Bonchev–Trinajstić information content (AvgIpc) is 2.57. The Morgan fingerprint density at radius 2 is 2.00 bits per heavy atom. The fourth-order valence-electron chi connectivity index (χ4n) is 1.79. The Balaban J connectivity index is 2.39. The van der Waals surface area contributed by atoms with Crippen molar-refractivity contribution in [1.29, 1.82) is 5.26 Å². The van der Waals surface area contributed by atoms with Crippen LogP contribution in [0.2, 0.25) is 0 Å². The van der Waals surface area contributed by atoms with Crippen molar-refractivity contribution in [1.82, 2.24) is 15.0 Å². The Bertz CT molecular complexity index is 938. The highest BCUT2D eigenvalue weighted by Crippen LogP contribution is 2.24. The topological polar surface area (TPSA) is 139 Å². The number of pyridine rings is 1. The third-order valence-electron chi connectivity index (χ3n) is 2.85. The Morgan fingerprint density at radius 1 is 1.35 bits per heavy atom. The van der Waals surface area contributed by atoms with Crippen molar-refractivity contribution >= 4 is 23.2 Å². The van der Waals surface area contributed by atoms with Gasteiger partial charge in [0.05, 0.1) is 23.7 Å². The molecule has 26 heavy (non-hydrogen) atoms. The summed E-state index contributed by atoms with van der Waals surface area (Å²) >= 11 is 0. The van der Waals surface area contributed by atoms with E-state index in [0.717, 1.165) is 18.5 Å². The molecule has 132 valence electrons. The molecule has 0 spiro atoms. The molecule has 0 aliphatic carbocycles. The summed E-state index contributed by atoms with van der Waals surface area (Å²) in [4.78, 5) is 15.3. The van der Waals surface area contributed by atoms with Crippen LogP contribution >= 0.6 is 0 Å². The van der Waals surface area contributed by atoms with Gasteiger partial charge in [-0.2, -0.15) is 5.26 Å². The molecule has 0 atom stereocenters. The smallest absolute Gasteiger partial charge is 0.192 e. The number of nitrogens with one attached hydrogen (secondary N) is 1. The summed E-state index contributed by atoms with van der Waals surface area (Å²) in [5, 5.41) is 11.8. The molecule has 0 bridgehead atoms. The third-order valence-corrected chi connectivity index (χ3v) is 2.85. The van der Waals surface area contributed by atoms with Crippen LogP contribution in [0, 0.1) is 23.0 Å². The molecule has 2 aromatic heterocycles. The van der Waals surface area contributed by atoms with E-state index in [1.165, 1.54) is 6.08 Å². The molecule has 0 aliphatic rings. The van der Waals surface area contributed by atoms with Crippen molar-refractivity contribution < 1.29 is 8.78 Å². The molecule has 10 heteroatoms. The first-order valence-electron chi connectivity index (χ1n) is 7.12. The summed E-state index contributed by atoms with van der Waals surface area (Å²) in [5.74, 6) is -1.84. The minimum absolute atomic E-state index is 0.0353. The van der Waals surface area contributed by atoms with Crippen molar-refractivity contribution in [2.75, 3.05) is 5.32 Å². The fourth-order valence-corrected chi connectivity index (χ4v) is 1.79. The largest absolute Gasteiger partial charge is 0.402 e. The summed E-state index contributed by atoms with van der Waals surface area (Å²) in [6.45, 7) is 5.28. The molecule has 0 aliphatic heterocycles. The maximum absolute atomic E-state index is 14.1. The minimum atomic E-state index is -0.846. The first-order valence-corrected chi connectivity index (χ1v) is 7.12. The molecule has 2 rings (SSSR count). The third kappa shape index (κ3) is 4.57. The number of aromatic nitrogens is 3. The SMILES string of the molecule is C=C(Nc1nc(N=C(N)/C=C(/C)N)c(F)cc1C#N)c1ncc(F)cn1. The molecule has 0 saturated carbocycles. The van der Waals surface area contributed by atoms with E-state index in [-0.39, 0.29) is 34.6 Å². The van der Waals surface area contributed by atoms with Gasteiger partial charge in [0, 0.05) is 5.70 Å². The number of amidine groups is 1. The average molecular weight is 356 g/mol. The van der Waals surface area contributed by atoms with Crippen LogP contribution in [-0.4, -0.2) is 20.8 Å². The molecule has 0 fully saturated rings. The van der Waals surface area contributed by atoms with Crippen LogP contribution in [0.3, 0.4) is 0 Å². The Hall–Kier alpha value is -3.87. The van der Waals surface area contributed by atoms with Gasteiger partial charge in [0.25, 0.3) is 0 Å². The minimum Gasteiger partial charge on any atom is -0.402 e. The number of nitriles is 1. The molecule has 0 aromatic carbocycles. The van der Waals surface area contributed by atoms with Gasteiger partial charge in [-0.05, 0) is 19.1 Å². The van der Waals surface area contributed by atoms with Crippen LogP contribution in [0.1, 0.15) is 18.3 Å². The van der Waals surface area contributed by atoms with Gasteiger partial charge in [-0.25, -0.2) is 28.7 Å². The van der Waals surface area contributed by atoms with E-state index in [0.29, 0.717) is 5.70 Å². The fraction of sp³-hybridized carbons (Fsp3) is 0.0625. The molecule has 0 unspecified atom stereocenters. The monoisotopic (exact) mass is 356 g/mol. The highest BCUT2D eigenvalue weighted by molar-refractivity contribution is 5.93. The molecular weight excluding hydrogens is 342 g/mol. The first-order chi connectivity index (χ1) is 12.3. The predicted molar refractivity (Wildman–Crippen MR) is 92.8 cm³/mol. The molecule has 0 saturated heterocycles. The summed E-state index contributed by atoms with van der Waals surface area (Å²) < 4.78 is 27.0. The van der Waals surface area contributed by atoms with Crippen LogP contribution < -0.4 is 16.8 Å². The van der Waals surface area contributed by atoms with Crippen molar-refractivity contribution in [2.45, 2.75) is 6.92 Å². The summed E-state index contributed by atoms with van der Waals surface area (Å²) in [6, 6.07) is 2.74. The van der Waals surface area contributed by atoms with Gasteiger partial charge in [0.2, 0.25) is 0 Å². The van der Waals surface area contributed by atoms with E-state index in [9.17, 15) is 8.78 Å². The van der Waals surface area contributed by atoms with Gasteiger partial charge in [0.15, 0.2) is 29.1 Å². The van der Waals surface area contributed by atoms with Crippen LogP contribution in [-0.2, 0) is 0 Å². The lowest BCUT2D eigenvalue weighted by atomic mass is 10.2. The second-order valence-corrected chi connectivity index (χ2v) is 5.06. The molecule has 0 radical (unpaired) electrons. The van der Waals surface area contributed by atoms with Crippen molar-refractivity contribution in [2.24, 2.45) is 16.5 Å². The maximum atomic E-state index is 14.1. The quantitative estimate of drug-likeness (QED) is 0.549. The number of nitrogens with zero attached hydrogens (tertiary/aromatic N) is 5. The molecular formula is C16H14F2N8. The molecule has 8 nitrogen and oxygen atoms in total. The van der Waals surface area contributed by atoms with Gasteiger partial charge in [-0.3, -0.25) is 0 Å². The lowest BCUT2D eigenvalue weighted by molar-refractivity contribution is 0.612. The van der Waals surface area contributed by atoms with Gasteiger partial charge < -0.3 is 16.8 Å². The highest BCUT2D eigenvalue weighted by atomic mass is 19.1. The van der Waals surface area contributed by atoms with Crippen LogP contribution in [0.15, 0.2) is 41.8 Å². The maximum Gasteiger partial charge on any atom is 0.192 e. The van der Waals surface area contributed by atoms with Gasteiger partial charge >= 0.3 is 0 Å². The lowest BCUT2D eigenvalue weighted by Gasteiger charge is -2.10. The van der Waals surface area contributed by atoms with E-state index in [1.807, 2.05) is 0 Å². The van der Waals surface area contributed by atoms with E-state index in [1.54, 1.807) is 13.0 Å². The number of rotatable bonds is 5. The number of nitrogens with two attached hydrogens (primary N) is 2. The van der Waals surface area contributed by atoms with Gasteiger partial charge in [-0.15, -0.1) is 0 Å². The van der Waals surface area contributed by atoms with Crippen LogP contribution in [0.5, 0.6) is 0 Å². The van der Waals surface area contributed by atoms with E-state index in [4.69, 9.17) is 16.7 Å². The predicted octanol–water partition coefficient (Wildman–Crippen LogP) is 1.96. The second kappa shape index (κ2) is 7.80. The number of aliphatic imine (C=N–C) groups is 1. The van der Waals surface area contributed by atoms with Crippen molar-refractivity contribution in [3.05, 3.63) is 59.8 Å². The second-order valence-electron chi connectivity index (χ2n) is 5.06. The Kier molecular flexibility index (Phi) is 5.54. The Labute approximate surface area is 147 Å². The van der Waals surface area contributed by atoms with Crippen LogP contribution in [0.25, 0.3) is 5.70 Å². The number of anilines is 1. The van der Waals surface area contributed by atoms with E-state index < -0.39 is 11.6 Å². The van der Waals surface area contributed by atoms with E-state index in [2.05, 4.69) is 31.8 Å². The normalized spacial score (nSPS) is 11.8. The molecule has 5 N–H and O–H groups in total. The van der Waals surface area contributed by atoms with Crippen molar-refractivity contribution in [3.63, 3.8) is 0 Å². The zero-order chi connectivity index (χ0) is 19.3. The number of hydrogen-bond donors (Lipinski definition) is 3. The van der Waals surface area contributed by atoms with Crippen molar-refractivity contribution in [3.8, 4) is 6.07 Å². The standard InChI is InChI=1S/C16H14F2N8/c1-8(20)3-13(21)25-16-12(18)4-10(5-19)15(26-16)24-9(2)14-22-6-11(17)7-23-14/h3-4,6-7H,2,20H2,1H3,(H3,21,24,25,26)/b8-3-. The van der Waals surface area contributed by atoms with Gasteiger partial charge in [0.1, 0.15) is 11.9 Å². The summed E-state index contributed by atoms with van der Waals surface area (Å²) in [6.07, 6.45) is 3.24. The summed E-state index contributed by atoms with van der Waals surface area (Å²) in [7, 11) is 0. The zero-order valence-corrected chi connectivity index (χ0v) is 13.7. The lowest BCUT2D eigenvalue weighted by Crippen LogP contribution is -2.11. The number of allylic oxidation sites excluding steroid dienone is 1. The van der Waals surface area contributed by atoms with Gasteiger partial charge in [-0.1, -0.05) is 6.58 Å².